The van der Waals surface area contributed by atoms with Crippen molar-refractivity contribution < 1.29 is 9.53 Å². The molecule has 1 atom stereocenters. The molecule has 0 saturated carbocycles. The molecule has 1 heterocycles. The molecule has 1 saturated heterocycles. The molecule has 0 aliphatic carbocycles. The summed E-state index contributed by atoms with van der Waals surface area (Å²) in [5, 5.41) is 0.654. The van der Waals surface area contributed by atoms with Crippen LogP contribution < -0.4 is 10.9 Å². The van der Waals surface area contributed by atoms with Crippen molar-refractivity contribution >= 4 is 17.7 Å². The number of hydrogen-bond acceptors (Lipinski definition) is 3. The molecule has 1 aliphatic heterocycles. The van der Waals surface area contributed by atoms with Gasteiger partial charge in [0.15, 0.2) is 6.23 Å². The maximum absolute atomic E-state index is 10.7. The number of hydrazine groups is 1. The lowest BCUT2D eigenvalue weighted by molar-refractivity contribution is 0.130. The van der Waals surface area contributed by atoms with Gasteiger partial charge in [-0.25, -0.2) is 4.79 Å². The molecular formula is C8H7ClN2O2. The Kier molecular flexibility index (Phi) is 2.08. The zero-order valence-electron chi connectivity index (χ0n) is 6.58. The lowest BCUT2D eigenvalue weighted by atomic mass is 10.2. The summed E-state index contributed by atoms with van der Waals surface area (Å²) in [6, 6.07) is 7.07. The van der Waals surface area contributed by atoms with Gasteiger partial charge in [0, 0.05) is 10.6 Å². The summed E-state index contributed by atoms with van der Waals surface area (Å²) >= 11 is 5.70. The van der Waals surface area contributed by atoms with E-state index in [0.29, 0.717) is 5.02 Å². The summed E-state index contributed by atoms with van der Waals surface area (Å²) in [5.41, 5.74) is 5.87. The predicted molar refractivity (Wildman–Crippen MR) is 46.9 cm³/mol. The van der Waals surface area contributed by atoms with Gasteiger partial charge in [-0.2, -0.15) is 5.43 Å². The minimum Gasteiger partial charge on any atom is -0.423 e. The topological polar surface area (TPSA) is 50.4 Å². The van der Waals surface area contributed by atoms with Gasteiger partial charge in [-0.1, -0.05) is 23.7 Å². The molecule has 1 fully saturated rings. The first-order chi connectivity index (χ1) is 6.25. The zero-order valence-corrected chi connectivity index (χ0v) is 7.34. The number of ether oxygens (including phenoxy) is 1. The van der Waals surface area contributed by atoms with Crippen LogP contribution in [0, 0.1) is 0 Å². The second kappa shape index (κ2) is 3.24. The molecule has 2 N–H and O–H groups in total. The fraction of sp³-hybridized carbons (Fsp3) is 0.125. The number of nitrogens with one attached hydrogen (secondary N) is 2. The van der Waals surface area contributed by atoms with Crippen LogP contribution in [0.2, 0.25) is 5.02 Å². The number of carbonyl (C=O) groups excluding carboxylic acids is 1. The fourth-order valence-electron chi connectivity index (χ4n) is 1.08. The average Bonchev–Trinajstić information content (AvgIpc) is 2.53. The minimum absolute atomic E-state index is 0.426. The molecule has 1 amide bonds. The number of carbonyl (C=O) groups is 1. The normalized spacial score (nSPS) is 21.0. The Morgan fingerprint density at radius 2 is 2.00 bits per heavy atom. The molecule has 1 aliphatic rings. The number of amides is 1. The van der Waals surface area contributed by atoms with E-state index < -0.39 is 12.3 Å². The van der Waals surface area contributed by atoms with Crippen molar-refractivity contribution in [2.45, 2.75) is 6.23 Å². The van der Waals surface area contributed by atoms with Crippen molar-refractivity contribution in [2.24, 2.45) is 0 Å². The van der Waals surface area contributed by atoms with Crippen LogP contribution in [0.5, 0.6) is 0 Å². The second-order valence-corrected chi connectivity index (χ2v) is 3.04. The Balaban J connectivity index is 2.17. The maximum Gasteiger partial charge on any atom is 0.423 e. The highest BCUT2D eigenvalue weighted by Gasteiger charge is 2.22. The quantitative estimate of drug-likeness (QED) is 0.721. The molecule has 1 aromatic rings. The van der Waals surface area contributed by atoms with Crippen molar-refractivity contribution in [2.75, 3.05) is 0 Å². The molecular weight excluding hydrogens is 192 g/mol. The van der Waals surface area contributed by atoms with Gasteiger partial charge in [-0.15, -0.1) is 0 Å². The van der Waals surface area contributed by atoms with E-state index in [1.807, 2.05) is 0 Å². The third-order valence-corrected chi connectivity index (χ3v) is 1.95. The van der Waals surface area contributed by atoms with Crippen LogP contribution in [-0.4, -0.2) is 6.09 Å². The standard InChI is InChI=1S/C8H7ClN2O2/c9-6-3-1-5(2-4-6)7-10-11-8(12)13-7/h1-4,7,10H,(H,11,12). The van der Waals surface area contributed by atoms with Crippen LogP contribution in [0.4, 0.5) is 4.79 Å². The van der Waals surface area contributed by atoms with E-state index >= 15 is 0 Å². The monoisotopic (exact) mass is 198 g/mol. The minimum atomic E-state index is -0.472. The molecule has 0 radical (unpaired) electrons. The van der Waals surface area contributed by atoms with E-state index in [9.17, 15) is 4.79 Å². The lowest BCUT2D eigenvalue weighted by Gasteiger charge is -2.07. The van der Waals surface area contributed by atoms with Crippen molar-refractivity contribution in [1.82, 2.24) is 10.9 Å². The summed E-state index contributed by atoms with van der Waals surface area (Å²) in [4.78, 5) is 10.7. The zero-order chi connectivity index (χ0) is 9.26. The van der Waals surface area contributed by atoms with E-state index in [1.165, 1.54) is 0 Å². The van der Waals surface area contributed by atoms with Crippen LogP contribution in [0.25, 0.3) is 0 Å². The summed E-state index contributed by atoms with van der Waals surface area (Å²) in [6.45, 7) is 0. The first-order valence-corrected chi connectivity index (χ1v) is 4.11. The van der Waals surface area contributed by atoms with Gasteiger partial charge in [0.2, 0.25) is 0 Å². The molecule has 0 spiro atoms. The third-order valence-electron chi connectivity index (χ3n) is 1.70. The Morgan fingerprint density at radius 3 is 2.54 bits per heavy atom. The van der Waals surface area contributed by atoms with Crippen molar-refractivity contribution in [3.8, 4) is 0 Å². The fourth-order valence-corrected chi connectivity index (χ4v) is 1.21. The molecule has 5 heteroatoms. The smallest absolute Gasteiger partial charge is 0.423 e. The van der Waals surface area contributed by atoms with Gasteiger partial charge in [0.1, 0.15) is 0 Å². The first kappa shape index (κ1) is 8.34. The Hall–Kier alpha value is -1.26. The van der Waals surface area contributed by atoms with Crippen LogP contribution >= 0.6 is 11.6 Å². The van der Waals surface area contributed by atoms with Gasteiger partial charge >= 0.3 is 6.09 Å². The van der Waals surface area contributed by atoms with Crippen molar-refractivity contribution in [1.29, 1.82) is 0 Å². The van der Waals surface area contributed by atoms with E-state index in [4.69, 9.17) is 16.3 Å². The average molecular weight is 199 g/mol. The largest absolute Gasteiger partial charge is 0.423 e. The highest BCUT2D eigenvalue weighted by Crippen LogP contribution is 2.19. The Bertz CT molecular complexity index is 325. The van der Waals surface area contributed by atoms with Crippen LogP contribution in [0.3, 0.4) is 0 Å². The van der Waals surface area contributed by atoms with Gasteiger partial charge in [0.05, 0.1) is 0 Å². The van der Waals surface area contributed by atoms with E-state index in [2.05, 4.69) is 10.9 Å². The first-order valence-electron chi connectivity index (χ1n) is 3.73. The number of rotatable bonds is 1. The van der Waals surface area contributed by atoms with Crippen molar-refractivity contribution in [3.63, 3.8) is 0 Å². The summed E-state index contributed by atoms with van der Waals surface area (Å²) in [7, 11) is 0. The maximum atomic E-state index is 10.7. The number of hydrogen-bond donors (Lipinski definition) is 2. The van der Waals surface area contributed by atoms with Crippen molar-refractivity contribution in [3.05, 3.63) is 34.9 Å². The van der Waals surface area contributed by atoms with Gasteiger partial charge in [-0.3, -0.25) is 5.43 Å². The highest BCUT2D eigenvalue weighted by atomic mass is 35.5. The molecule has 2 rings (SSSR count). The second-order valence-electron chi connectivity index (χ2n) is 2.61. The Labute approximate surface area is 79.8 Å². The predicted octanol–water partition coefficient (Wildman–Crippen LogP) is 1.58. The van der Waals surface area contributed by atoms with E-state index in [0.717, 1.165) is 5.56 Å². The molecule has 4 nitrogen and oxygen atoms in total. The van der Waals surface area contributed by atoms with Gasteiger partial charge in [-0.05, 0) is 12.1 Å². The van der Waals surface area contributed by atoms with Crippen LogP contribution in [-0.2, 0) is 4.74 Å². The summed E-state index contributed by atoms with van der Waals surface area (Å²) in [5.74, 6) is 0. The summed E-state index contributed by atoms with van der Waals surface area (Å²) in [6.07, 6.45) is -0.898. The summed E-state index contributed by atoms with van der Waals surface area (Å²) < 4.78 is 4.88. The molecule has 1 aromatic carbocycles. The van der Waals surface area contributed by atoms with Gasteiger partial charge in [0.25, 0.3) is 0 Å². The van der Waals surface area contributed by atoms with E-state index in [1.54, 1.807) is 24.3 Å². The van der Waals surface area contributed by atoms with E-state index in [-0.39, 0.29) is 0 Å². The van der Waals surface area contributed by atoms with Crippen LogP contribution in [0.15, 0.2) is 24.3 Å². The number of halogens is 1. The highest BCUT2D eigenvalue weighted by molar-refractivity contribution is 6.30. The Morgan fingerprint density at radius 1 is 1.31 bits per heavy atom. The molecule has 0 aromatic heterocycles. The molecule has 13 heavy (non-hydrogen) atoms. The number of benzene rings is 1. The molecule has 1 unspecified atom stereocenters. The molecule has 68 valence electrons. The SMILES string of the molecule is O=C1NNC(c2ccc(Cl)cc2)O1. The van der Waals surface area contributed by atoms with Crippen LogP contribution in [0.1, 0.15) is 11.8 Å². The van der Waals surface area contributed by atoms with Gasteiger partial charge < -0.3 is 4.74 Å². The number of cyclic esters (lactones) is 1. The third kappa shape index (κ3) is 1.74. The molecule has 0 bridgehead atoms. The lowest BCUT2D eigenvalue weighted by Crippen LogP contribution is -2.26.